The molecule has 8 nitrogen and oxygen atoms in total. The van der Waals surface area contributed by atoms with Gasteiger partial charge in [-0.2, -0.15) is 0 Å². The van der Waals surface area contributed by atoms with Gasteiger partial charge in [-0.25, -0.2) is 9.79 Å². The zero-order chi connectivity index (χ0) is 25.9. The van der Waals surface area contributed by atoms with Crippen molar-refractivity contribution < 1.29 is 19.1 Å². The number of hydrogen-bond acceptors (Lipinski definition) is 8. The molecule has 2 aliphatic heterocycles. The van der Waals surface area contributed by atoms with Crippen molar-refractivity contribution in [2.75, 3.05) is 7.11 Å². The number of methoxy groups -OCH3 is 1. The highest BCUT2D eigenvalue weighted by molar-refractivity contribution is 8.16. The number of rotatable bonds is 7. The summed E-state index contributed by atoms with van der Waals surface area (Å²) in [5.74, 6) is 0.0432. The Balaban J connectivity index is 1.66. The van der Waals surface area contributed by atoms with Gasteiger partial charge in [0.1, 0.15) is 11.4 Å². The van der Waals surface area contributed by atoms with Gasteiger partial charge in [0, 0.05) is 30.2 Å². The molecule has 0 aliphatic carbocycles. The summed E-state index contributed by atoms with van der Waals surface area (Å²) in [6.45, 7) is 7.69. The lowest BCUT2D eigenvalue weighted by atomic mass is 9.93. The van der Waals surface area contributed by atoms with Gasteiger partial charge in [-0.3, -0.25) is 9.78 Å². The number of amides is 1. The standard InChI is InChI=1S/C27H30N4O4S/c1-17-23(25(33)35-27(2,3)4)24(20-10-6-7-11-21(20)34-5)31-19(16-36-26(31)30-17)13-22(32)29-15-18-9-8-12-28-14-18/h6-12,14,16,24H,13,15H2,1-5H3,(H,29,32)/t24-/m0/s1. The highest BCUT2D eigenvalue weighted by atomic mass is 32.2. The van der Waals surface area contributed by atoms with E-state index in [1.165, 1.54) is 11.8 Å². The van der Waals surface area contributed by atoms with Crippen LogP contribution >= 0.6 is 11.8 Å². The first kappa shape index (κ1) is 25.5. The summed E-state index contributed by atoms with van der Waals surface area (Å²) in [7, 11) is 1.60. The van der Waals surface area contributed by atoms with Crippen molar-refractivity contribution in [1.82, 2.24) is 15.2 Å². The molecule has 0 radical (unpaired) electrons. The number of ether oxygens (including phenoxy) is 2. The lowest BCUT2D eigenvalue weighted by Gasteiger charge is -2.37. The topological polar surface area (TPSA) is 93.1 Å². The number of esters is 1. The van der Waals surface area contributed by atoms with Crippen molar-refractivity contribution >= 4 is 28.8 Å². The third-order valence-corrected chi connectivity index (χ3v) is 6.50. The molecular formula is C27H30N4O4S. The molecule has 1 N–H and O–H groups in total. The molecule has 0 fully saturated rings. The third-order valence-electron chi connectivity index (χ3n) is 5.61. The highest BCUT2D eigenvalue weighted by Crippen LogP contribution is 2.47. The molecule has 2 aromatic rings. The van der Waals surface area contributed by atoms with Gasteiger partial charge < -0.3 is 19.7 Å². The molecule has 1 aromatic heterocycles. The summed E-state index contributed by atoms with van der Waals surface area (Å²) < 4.78 is 11.4. The molecule has 2 aliphatic rings. The fourth-order valence-corrected chi connectivity index (χ4v) is 5.04. The molecule has 0 saturated heterocycles. The molecule has 188 valence electrons. The largest absolute Gasteiger partial charge is 0.496 e. The number of thioether (sulfide) groups is 1. The van der Waals surface area contributed by atoms with Crippen LogP contribution in [0.25, 0.3) is 0 Å². The molecule has 4 rings (SSSR count). The summed E-state index contributed by atoms with van der Waals surface area (Å²) in [4.78, 5) is 37.1. The van der Waals surface area contributed by atoms with E-state index in [9.17, 15) is 9.59 Å². The second-order valence-corrected chi connectivity index (χ2v) is 10.3. The zero-order valence-corrected chi connectivity index (χ0v) is 21.9. The van der Waals surface area contributed by atoms with E-state index < -0.39 is 17.6 Å². The van der Waals surface area contributed by atoms with Gasteiger partial charge in [0.15, 0.2) is 5.17 Å². The minimum Gasteiger partial charge on any atom is -0.496 e. The van der Waals surface area contributed by atoms with E-state index in [2.05, 4.69) is 10.3 Å². The van der Waals surface area contributed by atoms with Crippen LogP contribution in [0.15, 0.2) is 76.2 Å². The van der Waals surface area contributed by atoms with Gasteiger partial charge in [0.2, 0.25) is 5.91 Å². The number of amidine groups is 1. The van der Waals surface area contributed by atoms with Crippen LogP contribution in [0.1, 0.15) is 51.3 Å². The van der Waals surface area contributed by atoms with Crippen LogP contribution in [-0.2, 0) is 20.9 Å². The first-order chi connectivity index (χ1) is 17.2. The van der Waals surface area contributed by atoms with Crippen LogP contribution in [0.5, 0.6) is 5.75 Å². The molecule has 3 heterocycles. The van der Waals surface area contributed by atoms with Crippen LogP contribution in [0, 0.1) is 0 Å². The Labute approximate surface area is 215 Å². The highest BCUT2D eigenvalue weighted by Gasteiger charge is 2.42. The quantitative estimate of drug-likeness (QED) is 0.544. The molecule has 36 heavy (non-hydrogen) atoms. The molecule has 1 aromatic carbocycles. The zero-order valence-electron chi connectivity index (χ0n) is 21.1. The Bertz CT molecular complexity index is 1250. The first-order valence-corrected chi connectivity index (χ1v) is 12.5. The molecule has 0 bridgehead atoms. The van der Waals surface area contributed by atoms with Gasteiger partial charge in [-0.05, 0) is 50.8 Å². The number of nitrogens with one attached hydrogen (secondary N) is 1. The lowest BCUT2D eigenvalue weighted by molar-refractivity contribution is -0.150. The van der Waals surface area contributed by atoms with Crippen LogP contribution in [0.2, 0.25) is 0 Å². The number of aliphatic imine (C=N–C) groups is 1. The van der Waals surface area contributed by atoms with Gasteiger partial charge in [0.05, 0.1) is 30.8 Å². The summed E-state index contributed by atoms with van der Waals surface area (Å²) in [6.07, 6.45) is 3.54. The Morgan fingerprint density at radius 1 is 1.17 bits per heavy atom. The van der Waals surface area contributed by atoms with Crippen molar-refractivity contribution in [3.05, 3.63) is 82.3 Å². The number of aromatic nitrogens is 1. The average molecular weight is 507 g/mol. The summed E-state index contributed by atoms with van der Waals surface area (Å²) in [5.41, 5.74) is 2.77. The number of allylic oxidation sites excluding steroid dienone is 1. The van der Waals surface area contributed by atoms with E-state index >= 15 is 0 Å². The van der Waals surface area contributed by atoms with Gasteiger partial charge in [-0.1, -0.05) is 36.0 Å². The number of carbonyl (C=O) groups excluding carboxylic acids is 2. The number of para-hydroxylation sites is 1. The molecular weight excluding hydrogens is 476 g/mol. The normalized spacial score (nSPS) is 17.2. The second kappa shape index (κ2) is 10.6. The lowest BCUT2D eigenvalue weighted by Crippen LogP contribution is -2.39. The monoisotopic (exact) mass is 506 g/mol. The molecule has 1 atom stereocenters. The number of carbonyl (C=O) groups is 2. The average Bonchev–Trinajstić information content (AvgIpc) is 3.23. The number of pyridine rings is 1. The fraction of sp³-hybridized carbons (Fsp3) is 0.333. The Kier molecular flexibility index (Phi) is 7.49. The minimum atomic E-state index is -0.676. The smallest absolute Gasteiger partial charge is 0.338 e. The number of fused-ring (bicyclic) bond motifs is 1. The van der Waals surface area contributed by atoms with Gasteiger partial charge >= 0.3 is 5.97 Å². The van der Waals surface area contributed by atoms with Crippen LogP contribution in [-0.4, -0.2) is 39.6 Å². The Hall–Kier alpha value is -3.59. The van der Waals surface area contributed by atoms with E-state index in [-0.39, 0.29) is 12.3 Å². The Morgan fingerprint density at radius 2 is 1.94 bits per heavy atom. The molecule has 0 unspecified atom stereocenters. The third kappa shape index (κ3) is 5.62. The van der Waals surface area contributed by atoms with E-state index in [4.69, 9.17) is 14.5 Å². The summed E-state index contributed by atoms with van der Waals surface area (Å²) in [6, 6.07) is 10.7. The summed E-state index contributed by atoms with van der Waals surface area (Å²) >= 11 is 1.43. The molecule has 0 saturated carbocycles. The number of nitrogens with zero attached hydrogens (tertiary/aromatic N) is 3. The summed E-state index contributed by atoms with van der Waals surface area (Å²) in [5, 5.41) is 5.56. The van der Waals surface area contributed by atoms with Crippen LogP contribution < -0.4 is 10.1 Å². The maximum atomic E-state index is 13.5. The van der Waals surface area contributed by atoms with Crippen molar-refractivity contribution in [3.63, 3.8) is 0 Å². The number of hydrogen-bond donors (Lipinski definition) is 1. The maximum absolute atomic E-state index is 13.5. The van der Waals surface area contributed by atoms with E-state index in [1.807, 2.05) is 74.4 Å². The van der Waals surface area contributed by atoms with Crippen LogP contribution in [0.3, 0.4) is 0 Å². The van der Waals surface area contributed by atoms with Crippen molar-refractivity contribution in [2.45, 2.75) is 52.3 Å². The molecule has 9 heteroatoms. The van der Waals surface area contributed by atoms with Crippen molar-refractivity contribution in [3.8, 4) is 5.75 Å². The fourth-order valence-electron chi connectivity index (χ4n) is 4.08. The van der Waals surface area contributed by atoms with E-state index in [0.717, 1.165) is 16.8 Å². The van der Waals surface area contributed by atoms with Gasteiger partial charge in [-0.15, -0.1) is 0 Å². The molecule has 1 amide bonds. The first-order valence-electron chi connectivity index (χ1n) is 11.6. The SMILES string of the molecule is COc1ccccc1[C@H]1C(C(=O)OC(C)(C)C)=C(C)N=C2SC=C(CC(=O)NCc3cccnc3)N21. The van der Waals surface area contributed by atoms with E-state index in [1.54, 1.807) is 19.5 Å². The second-order valence-electron chi connectivity index (χ2n) is 9.45. The van der Waals surface area contributed by atoms with E-state index in [0.29, 0.717) is 28.7 Å². The predicted octanol–water partition coefficient (Wildman–Crippen LogP) is 4.71. The van der Waals surface area contributed by atoms with Crippen molar-refractivity contribution in [1.29, 1.82) is 0 Å². The predicted molar refractivity (Wildman–Crippen MR) is 140 cm³/mol. The van der Waals surface area contributed by atoms with Crippen LogP contribution in [0.4, 0.5) is 0 Å². The van der Waals surface area contributed by atoms with Gasteiger partial charge in [0.25, 0.3) is 0 Å². The van der Waals surface area contributed by atoms with Crippen molar-refractivity contribution in [2.24, 2.45) is 4.99 Å². The number of benzene rings is 1. The maximum Gasteiger partial charge on any atom is 0.338 e. The molecule has 0 spiro atoms. The minimum absolute atomic E-state index is 0.124. The Morgan fingerprint density at radius 3 is 2.64 bits per heavy atom.